The molecular weight excluding hydrogens is 336 g/mol. The minimum atomic E-state index is -0.163. The highest BCUT2D eigenvalue weighted by atomic mass is 32.1. The molecule has 2 rings (SSSR count). The summed E-state index contributed by atoms with van der Waals surface area (Å²) in [6, 6.07) is 2.26. The van der Waals surface area contributed by atoms with Crippen LogP contribution < -0.4 is 15.5 Å². The van der Waals surface area contributed by atoms with Gasteiger partial charge in [0, 0.05) is 11.4 Å². The van der Waals surface area contributed by atoms with Crippen molar-refractivity contribution in [2.24, 2.45) is 5.92 Å². The van der Waals surface area contributed by atoms with Gasteiger partial charge in [0.2, 0.25) is 0 Å². The van der Waals surface area contributed by atoms with Crippen molar-refractivity contribution < 1.29 is 14.5 Å². The molecule has 3 N–H and O–H groups in total. The number of rotatable bonds is 7. The number of carbonyl (C=O) groups excluding carboxylic acids is 2. The molecule has 0 bridgehead atoms. The fourth-order valence-corrected chi connectivity index (χ4v) is 4.44. The Labute approximate surface area is 153 Å². The van der Waals surface area contributed by atoms with Gasteiger partial charge in [-0.3, -0.25) is 9.59 Å². The SMILES string of the molecule is CCCNC(=O)C[NH+](C)CC(=O)Nc1sc2c(c1C#N)CC[C@H](C)C2. The van der Waals surface area contributed by atoms with Crippen LogP contribution in [0.4, 0.5) is 5.00 Å². The van der Waals surface area contributed by atoms with Crippen LogP contribution in [0.1, 0.15) is 42.7 Å². The Morgan fingerprint density at radius 1 is 1.36 bits per heavy atom. The molecular formula is C18H27N4O2S+. The van der Waals surface area contributed by atoms with Crippen molar-refractivity contribution >= 4 is 28.2 Å². The van der Waals surface area contributed by atoms with Gasteiger partial charge in [-0.1, -0.05) is 13.8 Å². The lowest BCUT2D eigenvalue weighted by Gasteiger charge is -2.17. The Bertz CT molecular complexity index is 677. The summed E-state index contributed by atoms with van der Waals surface area (Å²) in [4.78, 5) is 26.1. The van der Waals surface area contributed by atoms with Crippen LogP contribution in [-0.4, -0.2) is 38.5 Å². The van der Waals surface area contributed by atoms with E-state index >= 15 is 0 Å². The third kappa shape index (κ3) is 5.28. The van der Waals surface area contributed by atoms with Gasteiger partial charge in [0.05, 0.1) is 12.6 Å². The standard InChI is InChI=1S/C18H26N4O2S/c1-4-7-20-16(23)10-22(3)11-17(24)21-18-14(9-19)13-6-5-12(2)8-15(13)25-18/h12H,4-8,10-11H2,1-3H3,(H,20,23)(H,21,24)/p+1/t12-/m0/s1. The second kappa shape index (κ2) is 8.97. The van der Waals surface area contributed by atoms with Crippen LogP contribution in [0.2, 0.25) is 0 Å². The van der Waals surface area contributed by atoms with E-state index in [2.05, 4.69) is 23.6 Å². The molecule has 0 fully saturated rings. The predicted molar refractivity (Wildman–Crippen MR) is 98.8 cm³/mol. The number of fused-ring (bicyclic) bond motifs is 1. The normalized spacial score (nSPS) is 17.3. The molecule has 1 aliphatic carbocycles. The molecule has 7 heteroatoms. The van der Waals surface area contributed by atoms with Crippen molar-refractivity contribution in [3.8, 4) is 6.07 Å². The summed E-state index contributed by atoms with van der Waals surface area (Å²) in [7, 11) is 1.82. The molecule has 25 heavy (non-hydrogen) atoms. The van der Waals surface area contributed by atoms with Gasteiger partial charge < -0.3 is 15.5 Å². The quantitative estimate of drug-likeness (QED) is 0.667. The van der Waals surface area contributed by atoms with Crippen LogP contribution in [0.25, 0.3) is 0 Å². The van der Waals surface area contributed by atoms with E-state index in [0.717, 1.165) is 36.1 Å². The van der Waals surface area contributed by atoms with Crippen molar-refractivity contribution in [1.29, 1.82) is 5.26 Å². The van der Waals surface area contributed by atoms with Crippen molar-refractivity contribution in [2.45, 2.75) is 39.5 Å². The maximum atomic E-state index is 12.3. The molecule has 2 amide bonds. The van der Waals surface area contributed by atoms with Crippen molar-refractivity contribution in [2.75, 3.05) is 32.0 Å². The molecule has 2 atom stereocenters. The molecule has 1 aliphatic rings. The van der Waals surface area contributed by atoms with E-state index in [0.29, 0.717) is 23.0 Å². The molecule has 1 heterocycles. The van der Waals surface area contributed by atoms with E-state index in [9.17, 15) is 14.9 Å². The van der Waals surface area contributed by atoms with Crippen molar-refractivity contribution in [1.82, 2.24) is 5.32 Å². The lowest BCUT2D eigenvalue weighted by molar-refractivity contribution is -0.862. The van der Waals surface area contributed by atoms with Gasteiger partial charge in [-0.15, -0.1) is 11.3 Å². The zero-order chi connectivity index (χ0) is 18.4. The monoisotopic (exact) mass is 363 g/mol. The largest absolute Gasteiger partial charge is 0.351 e. The van der Waals surface area contributed by atoms with Gasteiger partial charge in [0.15, 0.2) is 13.1 Å². The van der Waals surface area contributed by atoms with Gasteiger partial charge in [-0.25, -0.2) is 0 Å². The second-order valence-corrected chi connectivity index (χ2v) is 7.98. The minimum absolute atomic E-state index is 0.0505. The number of hydrogen-bond acceptors (Lipinski definition) is 4. The van der Waals surface area contributed by atoms with Gasteiger partial charge in [0.1, 0.15) is 11.1 Å². The summed E-state index contributed by atoms with van der Waals surface area (Å²) in [6.45, 7) is 5.33. The lowest BCUT2D eigenvalue weighted by Crippen LogP contribution is -3.11. The van der Waals surface area contributed by atoms with E-state index in [1.165, 1.54) is 16.2 Å². The zero-order valence-electron chi connectivity index (χ0n) is 15.2. The third-order valence-electron chi connectivity index (χ3n) is 4.37. The van der Waals surface area contributed by atoms with E-state index in [4.69, 9.17) is 0 Å². The highest BCUT2D eigenvalue weighted by Gasteiger charge is 2.25. The Balaban J connectivity index is 1.94. The number of carbonyl (C=O) groups is 2. The Hall–Kier alpha value is -1.91. The van der Waals surface area contributed by atoms with Crippen LogP contribution in [0.15, 0.2) is 0 Å². The van der Waals surface area contributed by atoms with Crippen LogP contribution in [0, 0.1) is 17.2 Å². The first-order chi connectivity index (χ1) is 11.9. The van der Waals surface area contributed by atoms with Crippen LogP contribution in [0.3, 0.4) is 0 Å². The summed E-state index contributed by atoms with van der Waals surface area (Å²) in [6.07, 6.45) is 3.87. The number of quaternary nitrogens is 1. The number of nitrogens with zero attached hydrogens (tertiary/aromatic N) is 1. The molecule has 0 aromatic carbocycles. The maximum Gasteiger partial charge on any atom is 0.280 e. The number of nitriles is 1. The van der Waals surface area contributed by atoms with Gasteiger partial charge in [-0.05, 0) is 37.2 Å². The topological polar surface area (TPSA) is 86.4 Å². The molecule has 6 nitrogen and oxygen atoms in total. The van der Waals surface area contributed by atoms with E-state index in [-0.39, 0.29) is 24.9 Å². The second-order valence-electron chi connectivity index (χ2n) is 6.88. The molecule has 136 valence electrons. The van der Waals surface area contributed by atoms with Crippen molar-refractivity contribution in [3.05, 3.63) is 16.0 Å². The van der Waals surface area contributed by atoms with E-state index < -0.39 is 0 Å². The average Bonchev–Trinajstić information content (AvgIpc) is 2.88. The zero-order valence-corrected chi connectivity index (χ0v) is 16.0. The summed E-state index contributed by atoms with van der Waals surface area (Å²) < 4.78 is 0. The number of nitrogens with one attached hydrogen (secondary N) is 3. The maximum absolute atomic E-state index is 12.3. The number of hydrogen-bond donors (Lipinski definition) is 3. The van der Waals surface area contributed by atoms with Crippen LogP contribution >= 0.6 is 11.3 Å². The first-order valence-electron chi connectivity index (χ1n) is 8.87. The van der Waals surface area contributed by atoms with Gasteiger partial charge >= 0.3 is 0 Å². The van der Waals surface area contributed by atoms with Gasteiger partial charge in [-0.2, -0.15) is 5.26 Å². The highest BCUT2D eigenvalue weighted by Crippen LogP contribution is 2.39. The first kappa shape index (κ1) is 19.4. The molecule has 1 aromatic rings. The third-order valence-corrected chi connectivity index (χ3v) is 5.54. The summed E-state index contributed by atoms with van der Waals surface area (Å²) >= 11 is 1.53. The fourth-order valence-electron chi connectivity index (χ4n) is 3.07. The summed E-state index contributed by atoms with van der Waals surface area (Å²) in [5.74, 6) is 0.410. The molecule has 0 radical (unpaired) electrons. The molecule has 0 saturated carbocycles. The Morgan fingerprint density at radius 3 is 2.76 bits per heavy atom. The molecule has 1 aromatic heterocycles. The smallest absolute Gasteiger partial charge is 0.280 e. The van der Waals surface area contributed by atoms with Crippen molar-refractivity contribution in [3.63, 3.8) is 0 Å². The van der Waals surface area contributed by atoms with E-state index in [1.807, 2.05) is 14.0 Å². The lowest BCUT2D eigenvalue weighted by atomic mass is 9.89. The number of anilines is 1. The molecule has 0 spiro atoms. The summed E-state index contributed by atoms with van der Waals surface area (Å²) in [5, 5.41) is 15.8. The number of thiophene rings is 1. The Kier molecular flexibility index (Phi) is 6.97. The average molecular weight is 364 g/mol. The molecule has 0 aliphatic heterocycles. The minimum Gasteiger partial charge on any atom is -0.351 e. The van der Waals surface area contributed by atoms with E-state index in [1.54, 1.807) is 0 Å². The highest BCUT2D eigenvalue weighted by molar-refractivity contribution is 7.16. The number of likely N-dealkylation sites (N-methyl/N-ethyl adjacent to an activating group) is 1. The summed E-state index contributed by atoms with van der Waals surface area (Å²) in [5.41, 5.74) is 1.74. The Morgan fingerprint density at radius 2 is 2.08 bits per heavy atom. The predicted octanol–water partition coefficient (Wildman–Crippen LogP) is 0.724. The van der Waals surface area contributed by atoms with Crippen LogP contribution in [0.5, 0.6) is 0 Å². The van der Waals surface area contributed by atoms with Crippen LogP contribution in [-0.2, 0) is 22.4 Å². The number of amides is 2. The first-order valence-corrected chi connectivity index (χ1v) is 9.68. The fraction of sp³-hybridized carbons (Fsp3) is 0.611. The van der Waals surface area contributed by atoms with Gasteiger partial charge in [0.25, 0.3) is 11.8 Å². The molecule has 1 unspecified atom stereocenters. The molecule has 0 saturated heterocycles.